The lowest BCUT2D eigenvalue weighted by Gasteiger charge is -2.18. The second kappa shape index (κ2) is 10.4. The zero-order valence-corrected chi connectivity index (χ0v) is 26.5. The molecule has 0 atom stereocenters. The van der Waals surface area contributed by atoms with E-state index in [0.717, 1.165) is 22.4 Å². The van der Waals surface area contributed by atoms with Crippen LogP contribution in [-0.2, 0) is 0 Å². The molecule has 10 rings (SSSR count). The van der Waals surface area contributed by atoms with Crippen molar-refractivity contribution in [3.63, 3.8) is 0 Å². The van der Waals surface area contributed by atoms with Crippen molar-refractivity contribution in [3.05, 3.63) is 169 Å². The Balaban J connectivity index is 1.18. The highest BCUT2D eigenvalue weighted by Gasteiger charge is 2.18. The van der Waals surface area contributed by atoms with Gasteiger partial charge in [0.2, 0.25) is 0 Å². The maximum Gasteiger partial charge on any atom is 0.0966 e. The number of para-hydroxylation sites is 1. The number of benzene rings is 8. The van der Waals surface area contributed by atoms with Crippen LogP contribution < -0.4 is 0 Å². The van der Waals surface area contributed by atoms with Gasteiger partial charge in [-0.1, -0.05) is 127 Å². The number of pyridine rings is 1. The summed E-state index contributed by atoms with van der Waals surface area (Å²) in [6, 6.07) is 59.9. The van der Waals surface area contributed by atoms with E-state index < -0.39 is 0 Å². The van der Waals surface area contributed by atoms with Crippen LogP contribution in [0.4, 0.5) is 0 Å². The number of rotatable bonds is 3. The summed E-state index contributed by atoms with van der Waals surface area (Å²) in [7, 11) is 0. The SMILES string of the molecule is Cc1ccc2c(n1)c1ccccc1n2-c1ccc(-c2c3ccccc3c(-c3ccc4c(ccc5ccccc54)c3)c3ccccc23)cc1. The van der Waals surface area contributed by atoms with Crippen LogP contribution >= 0.6 is 0 Å². The molecule has 0 amide bonds. The predicted molar refractivity (Wildman–Crippen MR) is 204 cm³/mol. The standard InChI is InChI=1S/C46H30N2/c1-29-18-27-43-46(47-29)41-16-8-9-17-42(41)48(43)34-24-21-31(22-25-34)44-37-12-4-6-14-39(37)45(40-15-7-5-13-38(40)44)33-23-26-36-32(28-33)20-19-30-10-2-3-11-35(30)36/h2-28H,1H3. The average molecular weight is 611 g/mol. The van der Waals surface area contributed by atoms with Crippen molar-refractivity contribution >= 4 is 65.0 Å². The Morgan fingerprint density at radius 3 is 1.65 bits per heavy atom. The maximum absolute atomic E-state index is 4.93. The zero-order chi connectivity index (χ0) is 31.8. The van der Waals surface area contributed by atoms with Crippen LogP contribution in [0.25, 0.3) is 93.0 Å². The summed E-state index contributed by atoms with van der Waals surface area (Å²) in [5.74, 6) is 0. The first-order valence-electron chi connectivity index (χ1n) is 16.6. The number of nitrogens with zero attached hydrogens (tertiary/aromatic N) is 2. The smallest absolute Gasteiger partial charge is 0.0966 e. The summed E-state index contributed by atoms with van der Waals surface area (Å²) in [5, 5.41) is 11.3. The van der Waals surface area contributed by atoms with Crippen LogP contribution in [0, 0.1) is 6.92 Å². The molecule has 0 aliphatic rings. The van der Waals surface area contributed by atoms with Crippen LogP contribution in [-0.4, -0.2) is 9.55 Å². The fourth-order valence-corrected chi connectivity index (χ4v) is 7.90. The molecule has 0 bridgehead atoms. The van der Waals surface area contributed by atoms with Gasteiger partial charge in [0.05, 0.1) is 16.6 Å². The number of aromatic nitrogens is 2. The summed E-state index contributed by atoms with van der Waals surface area (Å²) in [6.45, 7) is 2.06. The van der Waals surface area contributed by atoms with E-state index in [9.17, 15) is 0 Å². The lowest BCUT2D eigenvalue weighted by molar-refractivity contribution is 1.17. The normalized spacial score (nSPS) is 11.9. The molecule has 0 aliphatic heterocycles. The Labute approximate surface area is 278 Å². The molecule has 0 unspecified atom stereocenters. The van der Waals surface area contributed by atoms with Crippen LogP contribution in [0.1, 0.15) is 5.69 Å². The Kier molecular flexibility index (Phi) is 5.82. The first-order chi connectivity index (χ1) is 23.7. The van der Waals surface area contributed by atoms with Gasteiger partial charge >= 0.3 is 0 Å². The molecule has 0 fully saturated rings. The summed E-state index contributed by atoms with van der Waals surface area (Å²) in [5.41, 5.74) is 10.5. The van der Waals surface area contributed by atoms with E-state index in [1.165, 1.54) is 76.2 Å². The molecule has 0 aliphatic carbocycles. The quantitative estimate of drug-likeness (QED) is 0.144. The van der Waals surface area contributed by atoms with Crippen molar-refractivity contribution in [1.82, 2.24) is 9.55 Å². The Morgan fingerprint density at radius 1 is 0.396 bits per heavy atom. The van der Waals surface area contributed by atoms with Gasteiger partial charge in [-0.15, -0.1) is 0 Å². The first kappa shape index (κ1) is 26.9. The van der Waals surface area contributed by atoms with Gasteiger partial charge in [0.1, 0.15) is 0 Å². The molecular formula is C46H30N2. The van der Waals surface area contributed by atoms with E-state index in [0.29, 0.717) is 0 Å². The van der Waals surface area contributed by atoms with Crippen LogP contribution in [0.15, 0.2) is 164 Å². The molecule has 0 radical (unpaired) electrons. The molecule has 0 N–H and O–H groups in total. The van der Waals surface area contributed by atoms with E-state index in [1.54, 1.807) is 0 Å². The van der Waals surface area contributed by atoms with Gasteiger partial charge in [-0.3, -0.25) is 4.98 Å². The minimum atomic E-state index is 1.03. The van der Waals surface area contributed by atoms with E-state index >= 15 is 0 Å². The molecule has 0 saturated heterocycles. The molecule has 0 spiro atoms. The third-order valence-corrected chi connectivity index (χ3v) is 10.0. The molecule has 2 aromatic heterocycles. The van der Waals surface area contributed by atoms with Gasteiger partial charge in [0.25, 0.3) is 0 Å². The number of hydrogen-bond acceptors (Lipinski definition) is 1. The third-order valence-electron chi connectivity index (χ3n) is 10.0. The van der Waals surface area contributed by atoms with Crippen molar-refractivity contribution in [2.24, 2.45) is 0 Å². The lowest BCUT2D eigenvalue weighted by atomic mass is 9.85. The minimum absolute atomic E-state index is 1.03. The van der Waals surface area contributed by atoms with E-state index in [4.69, 9.17) is 4.98 Å². The lowest BCUT2D eigenvalue weighted by Crippen LogP contribution is -1.95. The second-order valence-corrected chi connectivity index (χ2v) is 12.8. The molecule has 8 aromatic carbocycles. The van der Waals surface area contributed by atoms with Gasteiger partial charge in [-0.2, -0.15) is 0 Å². The highest BCUT2D eigenvalue weighted by atomic mass is 15.0. The summed E-state index contributed by atoms with van der Waals surface area (Å²) in [4.78, 5) is 4.93. The maximum atomic E-state index is 4.93. The second-order valence-electron chi connectivity index (χ2n) is 12.8. The van der Waals surface area contributed by atoms with Crippen molar-refractivity contribution in [3.8, 4) is 27.9 Å². The van der Waals surface area contributed by atoms with Gasteiger partial charge in [0, 0.05) is 16.8 Å². The van der Waals surface area contributed by atoms with Crippen LogP contribution in [0.3, 0.4) is 0 Å². The number of aryl methyl sites for hydroxylation is 1. The van der Waals surface area contributed by atoms with E-state index in [-0.39, 0.29) is 0 Å². The molecule has 48 heavy (non-hydrogen) atoms. The van der Waals surface area contributed by atoms with Crippen molar-refractivity contribution in [1.29, 1.82) is 0 Å². The molecule has 2 nitrogen and oxygen atoms in total. The summed E-state index contributed by atoms with van der Waals surface area (Å²) in [6.07, 6.45) is 0. The molecule has 10 aromatic rings. The molecule has 224 valence electrons. The number of fused-ring (bicyclic) bond motifs is 8. The van der Waals surface area contributed by atoms with Crippen molar-refractivity contribution in [2.45, 2.75) is 6.92 Å². The fourth-order valence-electron chi connectivity index (χ4n) is 7.90. The predicted octanol–water partition coefficient (Wildman–Crippen LogP) is 12.4. The van der Waals surface area contributed by atoms with Gasteiger partial charge in [0.15, 0.2) is 0 Å². The molecule has 0 saturated carbocycles. The molecular weight excluding hydrogens is 581 g/mol. The Hall–Kier alpha value is -6.25. The van der Waals surface area contributed by atoms with E-state index in [2.05, 4.69) is 175 Å². The highest BCUT2D eigenvalue weighted by Crippen LogP contribution is 2.44. The van der Waals surface area contributed by atoms with Crippen LogP contribution in [0.2, 0.25) is 0 Å². The first-order valence-corrected chi connectivity index (χ1v) is 16.6. The Morgan fingerprint density at radius 2 is 0.938 bits per heavy atom. The van der Waals surface area contributed by atoms with Gasteiger partial charge < -0.3 is 4.57 Å². The van der Waals surface area contributed by atoms with Gasteiger partial charge in [-0.05, 0) is 109 Å². The van der Waals surface area contributed by atoms with Crippen molar-refractivity contribution in [2.75, 3.05) is 0 Å². The van der Waals surface area contributed by atoms with E-state index in [1.807, 2.05) is 0 Å². The Bertz CT molecular complexity index is 2840. The molecule has 2 heteroatoms. The fraction of sp³-hybridized carbons (Fsp3) is 0.0217. The highest BCUT2D eigenvalue weighted by molar-refractivity contribution is 6.22. The monoisotopic (exact) mass is 610 g/mol. The van der Waals surface area contributed by atoms with Crippen molar-refractivity contribution < 1.29 is 0 Å². The van der Waals surface area contributed by atoms with Gasteiger partial charge in [-0.25, -0.2) is 0 Å². The topological polar surface area (TPSA) is 17.8 Å². The van der Waals surface area contributed by atoms with Crippen LogP contribution in [0.5, 0.6) is 0 Å². The minimum Gasteiger partial charge on any atom is -0.308 e. The largest absolute Gasteiger partial charge is 0.308 e. The summed E-state index contributed by atoms with van der Waals surface area (Å²) >= 11 is 0. The number of hydrogen-bond donors (Lipinski definition) is 0. The third kappa shape index (κ3) is 3.96. The zero-order valence-electron chi connectivity index (χ0n) is 26.5. The average Bonchev–Trinajstić information content (AvgIpc) is 3.47. The molecule has 2 heterocycles. The summed E-state index contributed by atoms with van der Waals surface area (Å²) < 4.78 is 2.34.